The molecule has 0 fully saturated rings. The number of nitrogens with one attached hydrogen (secondary N) is 1. The molecular formula is C14H17BrN2O. The monoisotopic (exact) mass is 308 g/mol. The average molecular weight is 309 g/mol. The first-order valence-electron chi connectivity index (χ1n) is 5.86. The lowest BCUT2D eigenvalue weighted by Crippen LogP contribution is -2.16. The summed E-state index contributed by atoms with van der Waals surface area (Å²) in [5, 5.41) is 3.15. The molecule has 3 nitrogen and oxygen atoms in total. The second-order valence-electron chi connectivity index (χ2n) is 4.29. The van der Waals surface area contributed by atoms with Crippen molar-refractivity contribution in [3.8, 4) is 0 Å². The van der Waals surface area contributed by atoms with Crippen molar-refractivity contribution in [2.75, 3.05) is 19.0 Å². The topological polar surface area (TPSA) is 28.4 Å². The molecule has 1 aromatic heterocycles. The number of anilines is 1. The number of hydrogen-bond acceptors (Lipinski definition) is 3. The van der Waals surface area contributed by atoms with Crippen LogP contribution in [-0.4, -0.2) is 14.1 Å². The fourth-order valence-corrected chi connectivity index (χ4v) is 2.36. The van der Waals surface area contributed by atoms with Gasteiger partial charge in [-0.1, -0.05) is 22.0 Å². The average Bonchev–Trinajstić information content (AvgIpc) is 2.84. The number of hydrogen-bond donors (Lipinski definition) is 1. The molecule has 0 saturated carbocycles. The normalized spacial score (nSPS) is 10.6. The Labute approximate surface area is 116 Å². The van der Waals surface area contributed by atoms with Crippen LogP contribution in [0.1, 0.15) is 11.1 Å². The summed E-state index contributed by atoms with van der Waals surface area (Å²) in [6, 6.07) is 8.41. The third-order valence-corrected chi connectivity index (χ3v) is 3.58. The van der Waals surface area contributed by atoms with Crippen LogP contribution < -0.4 is 10.2 Å². The van der Waals surface area contributed by atoms with E-state index in [0.29, 0.717) is 0 Å². The number of halogens is 1. The van der Waals surface area contributed by atoms with Gasteiger partial charge in [-0.05, 0) is 30.8 Å². The molecule has 0 unspecified atom stereocenters. The molecule has 18 heavy (non-hydrogen) atoms. The zero-order valence-corrected chi connectivity index (χ0v) is 12.2. The number of furan rings is 1. The third kappa shape index (κ3) is 3.15. The van der Waals surface area contributed by atoms with Gasteiger partial charge in [0.2, 0.25) is 0 Å². The molecule has 0 amide bonds. The fourth-order valence-electron chi connectivity index (χ4n) is 1.86. The standard InChI is InChI=1S/C14H17BrN2O/c1-16-8-12-3-4-13(7-14(12)15)17(2)9-11-5-6-18-10-11/h3-7,10,16H,8-9H2,1-2H3. The first-order chi connectivity index (χ1) is 8.70. The van der Waals surface area contributed by atoms with Crippen LogP contribution >= 0.6 is 15.9 Å². The Kier molecular flexibility index (Phi) is 4.44. The van der Waals surface area contributed by atoms with Crippen LogP contribution in [0.2, 0.25) is 0 Å². The van der Waals surface area contributed by atoms with Gasteiger partial charge in [-0.3, -0.25) is 0 Å². The van der Waals surface area contributed by atoms with Gasteiger partial charge in [-0.25, -0.2) is 0 Å². The van der Waals surface area contributed by atoms with Crippen LogP contribution in [0, 0.1) is 0 Å². The van der Waals surface area contributed by atoms with Gasteiger partial charge in [0.25, 0.3) is 0 Å². The quantitative estimate of drug-likeness (QED) is 0.917. The smallest absolute Gasteiger partial charge is 0.0952 e. The molecule has 2 aromatic rings. The molecule has 96 valence electrons. The van der Waals surface area contributed by atoms with Crippen molar-refractivity contribution in [2.24, 2.45) is 0 Å². The molecule has 4 heteroatoms. The minimum Gasteiger partial charge on any atom is -0.472 e. The molecule has 0 atom stereocenters. The van der Waals surface area contributed by atoms with Crippen molar-refractivity contribution in [1.29, 1.82) is 0 Å². The van der Waals surface area contributed by atoms with Gasteiger partial charge in [0, 0.05) is 35.9 Å². The van der Waals surface area contributed by atoms with E-state index >= 15 is 0 Å². The molecule has 0 aliphatic heterocycles. The van der Waals surface area contributed by atoms with Crippen molar-refractivity contribution < 1.29 is 4.42 Å². The maximum Gasteiger partial charge on any atom is 0.0952 e. The summed E-state index contributed by atoms with van der Waals surface area (Å²) in [5.41, 5.74) is 3.62. The van der Waals surface area contributed by atoms with Gasteiger partial charge < -0.3 is 14.6 Å². The predicted molar refractivity (Wildman–Crippen MR) is 77.7 cm³/mol. The van der Waals surface area contributed by atoms with Crippen LogP contribution in [-0.2, 0) is 13.1 Å². The molecule has 1 aromatic carbocycles. The molecule has 0 radical (unpaired) electrons. The molecule has 0 spiro atoms. The summed E-state index contributed by atoms with van der Waals surface area (Å²) in [6.45, 7) is 1.71. The van der Waals surface area contributed by atoms with E-state index in [-0.39, 0.29) is 0 Å². The van der Waals surface area contributed by atoms with Crippen LogP contribution in [0.3, 0.4) is 0 Å². The lowest BCUT2D eigenvalue weighted by atomic mass is 10.2. The summed E-state index contributed by atoms with van der Waals surface area (Å²) < 4.78 is 6.21. The highest BCUT2D eigenvalue weighted by molar-refractivity contribution is 9.10. The van der Waals surface area contributed by atoms with Gasteiger partial charge >= 0.3 is 0 Å². The summed E-state index contributed by atoms with van der Waals surface area (Å²) in [6.07, 6.45) is 3.48. The second kappa shape index (κ2) is 6.07. The van der Waals surface area contributed by atoms with Gasteiger partial charge in [0.15, 0.2) is 0 Å². The van der Waals surface area contributed by atoms with Gasteiger partial charge in [-0.15, -0.1) is 0 Å². The zero-order chi connectivity index (χ0) is 13.0. The maximum absolute atomic E-state index is 5.08. The van der Waals surface area contributed by atoms with E-state index in [0.717, 1.165) is 17.6 Å². The van der Waals surface area contributed by atoms with Crippen molar-refractivity contribution in [2.45, 2.75) is 13.1 Å². The molecule has 1 heterocycles. The Morgan fingerprint density at radius 3 is 2.78 bits per heavy atom. The molecule has 0 aliphatic rings. The first-order valence-corrected chi connectivity index (χ1v) is 6.65. The minimum atomic E-state index is 0.842. The SMILES string of the molecule is CNCc1ccc(N(C)Cc2ccoc2)cc1Br. The van der Waals surface area contributed by atoms with Crippen molar-refractivity contribution in [3.63, 3.8) is 0 Å². The fraction of sp³-hybridized carbons (Fsp3) is 0.286. The van der Waals surface area contributed by atoms with Crippen molar-refractivity contribution in [1.82, 2.24) is 5.32 Å². The van der Waals surface area contributed by atoms with Crippen LogP contribution in [0.5, 0.6) is 0 Å². The van der Waals surface area contributed by atoms with E-state index < -0.39 is 0 Å². The van der Waals surface area contributed by atoms with Crippen LogP contribution in [0.25, 0.3) is 0 Å². The van der Waals surface area contributed by atoms with Gasteiger partial charge in [-0.2, -0.15) is 0 Å². The van der Waals surface area contributed by atoms with Crippen molar-refractivity contribution >= 4 is 21.6 Å². The third-order valence-electron chi connectivity index (χ3n) is 2.84. The first kappa shape index (κ1) is 13.2. The highest BCUT2D eigenvalue weighted by Crippen LogP contribution is 2.24. The number of rotatable bonds is 5. The predicted octanol–water partition coefficient (Wildman–Crippen LogP) is 3.40. The van der Waals surface area contributed by atoms with Gasteiger partial charge in [0.05, 0.1) is 12.5 Å². The lowest BCUT2D eigenvalue weighted by Gasteiger charge is -2.19. The summed E-state index contributed by atoms with van der Waals surface area (Å²) in [4.78, 5) is 2.19. The summed E-state index contributed by atoms with van der Waals surface area (Å²) in [7, 11) is 4.03. The Bertz CT molecular complexity index is 497. The molecular weight excluding hydrogens is 292 g/mol. The maximum atomic E-state index is 5.08. The zero-order valence-electron chi connectivity index (χ0n) is 10.6. The Morgan fingerprint density at radius 1 is 1.33 bits per heavy atom. The van der Waals surface area contributed by atoms with E-state index in [2.05, 4.69) is 51.4 Å². The Morgan fingerprint density at radius 2 is 2.17 bits per heavy atom. The second-order valence-corrected chi connectivity index (χ2v) is 5.15. The summed E-state index contributed by atoms with van der Waals surface area (Å²) >= 11 is 3.61. The van der Waals surface area contributed by atoms with Crippen LogP contribution in [0.15, 0.2) is 45.7 Å². The molecule has 1 N–H and O–H groups in total. The van der Waals surface area contributed by atoms with E-state index in [9.17, 15) is 0 Å². The van der Waals surface area contributed by atoms with Gasteiger partial charge in [0.1, 0.15) is 0 Å². The molecule has 0 aliphatic carbocycles. The van der Waals surface area contributed by atoms with Crippen molar-refractivity contribution in [3.05, 3.63) is 52.4 Å². The molecule has 2 rings (SSSR count). The summed E-state index contributed by atoms with van der Waals surface area (Å²) in [5.74, 6) is 0. The Hall–Kier alpha value is -1.26. The Balaban J connectivity index is 2.11. The van der Waals surface area contributed by atoms with Crippen LogP contribution in [0.4, 0.5) is 5.69 Å². The minimum absolute atomic E-state index is 0.842. The largest absolute Gasteiger partial charge is 0.472 e. The van der Waals surface area contributed by atoms with E-state index in [4.69, 9.17) is 4.42 Å². The number of nitrogens with zero attached hydrogens (tertiary/aromatic N) is 1. The highest BCUT2D eigenvalue weighted by Gasteiger charge is 2.06. The lowest BCUT2D eigenvalue weighted by molar-refractivity contribution is 0.563. The highest BCUT2D eigenvalue weighted by atomic mass is 79.9. The van der Waals surface area contributed by atoms with E-state index in [1.807, 2.05) is 13.1 Å². The molecule has 0 saturated heterocycles. The number of benzene rings is 1. The van der Waals surface area contributed by atoms with E-state index in [1.165, 1.54) is 16.8 Å². The van der Waals surface area contributed by atoms with E-state index in [1.54, 1.807) is 12.5 Å². The molecule has 0 bridgehead atoms.